The Balaban J connectivity index is 1.77. The molecule has 116 valence electrons. The molecule has 0 amide bonds. The molecule has 0 heterocycles. The first-order valence-corrected chi connectivity index (χ1v) is 8.25. The molecule has 0 saturated heterocycles. The zero-order chi connectivity index (χ0) is 15.9. The topological polar surface area (TPSA) is 33.3 Å². The summed E-state index contributed by atoms with van der Waals surface area (Å²) in [6.07, 6.45) is 0. The Hall–Kier alpha value is -1.59. The van der Waals surface area contributed by atoms with Crippen LogP contribution in [0.15, 0.2) is 53.0 Å². The van der Waals surface area contributed by atoms with E-state index in [2.05, 4.69) is 33.5 Å². The van der Waals surface area contributed by atoms with Crippen molar-refractivity contribution >= 4 is 38.9 Å². The minimum absolute atomic E-state index is 0.105. The van der Waals surface area contributed by atoms with Gasteiger partial charge in [-0.1, -0.05) is 39.7 Å². The van der Waals surface area contributed by atoms with Gasteiger partial charge in [-0.25, -0.2) is 0 Å². The average molecular weight is 379 g/mol. The summed E-state index contributed by atoms with van der Waals surface area (Å²) < 4.78 is 6.75. The van der Waals surface area contributed by atoms with E-state index < -0.39 is 0 Å². The Kier molecular flexibility index (Phi) is 6.21. The van der Waals surface area contributed by atoms with Crippen molar-refractivity contribution < 1.29 is 4.74 Å². The van der Waals surface area contributed by atoms with Crippen molar-refractivity contribution in [3.63, 3.8) is 0 Å². The molecule has 0 radical (unpaired) electrons. The van der Waals surface area contributed by atoms with Crippen molar-refractivity contribution in [2.45, 2.75) is 19.9 Å². The van der Waals surface area contributed by atoms with Crippen LogP contribution in [0.4, 0.5) is 5.69 Å². The van der Waals surface area contributed by atoms with Crippen LogP contribution in [0.3, 0.4) is 0 Å². The Labute approximate surface area is 145 Å². The molecule has 1 atom stereocenters. The molecule has 0 aliphatic rings. The van der Waals surface area contributed by atoms with Gasteiger partial charge in [0.1, 0.15) is 12.4 Å². The van der Waals surface area contributed by atoms with Gasteiger partial charge in [0.05, 0.1) is 6.04 Å². The Bertz CT molecular complexity index is 631. The highest BCUT2D eigenvalue weighted by atomic mass is 79.9. The molecule has 0 fully saturated rings. The van der Waals surface area contributed by atoms with Crippen molar-refractivity contribution in [3.8, 4) is 5.75 Å². The van der Waals surface area contributed by atoms with Gasteiger partial charge in [-0.15, -0.1) is 0 Å². The highest BCUT2D eigenvalue weighted by Gasteiger charge is 2.06. The monoisotopic (exact) mass is 378 g/mol. The largest absolute Gasteiger partial charge is 0.491 e. The van der Waals surface area contributed by atoms with Crippen molar-refractivity contribution in [3.05, 3.63) is 58.6 Å². The van der Waals surface area contributed by atoms with Crippen molar-refractivity contribution in [2.75, 3.05) is 11.9 Å². The summed E-state index contributed by atoms with van der Waals surface area (Å²) in [5.74, 6) is 0.866. The summed E-state index contributed by atoms with van der Waals surface area (Å²) in [6, 6.07) is 16.0. The maximum Gasteiger partial charge on any atom is 0.171 e. The summed E-state index contributed by atoms with van der Waals surface area (Å²) in [6.45, 7) is 4.63. The second-order valence-electron chi connectivity index (χ2n) is 5.13. The normalized spacial score (nSPS) is 11.6. The molecule has 2 rings (SSSR count). The lowest BCUT2D eigenvalue weighted by Gasteiger charge is -2.18. The zero-order valence-electron chi connectivity index (χ0n) is 12.6. The summed E-state index contributed by atoms with van der Waals surface area (Å²) in [7, 11) is 0. The molecule has 0 aromatic heterocycles. The summed E-state index contributed by atoms with van der Waals surface area (Å²) in [5, 5.41) is 6.95. The number of hydrogen-bond acceptors (Lipinski definition) is 2. The molecule has 0 saturated carbocycles. The molecule has 22 heavy (non-hydrogen) atoms. The highest BCUT2D eigenvalue weighted by Crippen LogP contribution is 2.15. The summed E-state index contributed by atoms with van der Waals surface area (Å²) in [5.41, 5.74) is 2.16. The van der Waals surface area contributed by atoms with Crippen LogP contribution in [0.25, 0.3) is 0 Å². The molecule has 0 bridgehead atoms. The van der Waals surface area contributed by atoms with Crippen LogP contribution in [0.5, 0.6) is 5.75 Å². The fourth-order valence-corrected chi connectivity index (χ4v) is 2.57. The minimum Gasteiger partial charge on any atom is -0.491 e. The molecule has 5 heteroatoms. The van der Waals surface area contributed by atoms with E-state index in [9.17, 15) is 0 Å². The fourth-order valence-electron chi connectivity index (χ4n) is 1.85. The quantitative estimate of drug-likeness (QED) is 0.749. The third kappa shape index (κ3) is 5.66. The molecule has 2 aromatic rings. The van der Waals surface area contributed by atoms with Gasteiger partial charge in [-0.05, 0) is 56.4 Å². The first-order chi connectivity index (χ1) is 10.5. The van der Waals surface area contributed by atoms with Crippen LogP contribution in [-0.2, 0) is 0 Å². The van der Waals surface area contributed by atoms with Gasteiger partial charge in [-0.2, -0.15) is 0 Å². The van der Waals surface area contributed by atoms with Crippen LogP contribution in [0, 0.1) is 6.92 Å². The molecule has 3 nitrogen and oxygen atoms in total. The van der Waals surface area contributed by atoms with E-state index in [0.29, 0.717) is 11.7 Å². The zero-order valence-corrected chi connectivity index (χ0v) is 15.0. The minimum atomic E-state index is 0.105. The van der Waals surface area contributed by atoms with Gasteiger partial charge in [0.25, 0.3) is 0 Å². The standard InChI is InChI=1S/C17H19BrN2OS/c1-12-6-8-16(9-7-12)21-11-13(2)19-17(22)20-15-5-3-4-14(18)10-15/h3-10,13H,11H2,1-2H3,(H2,19,20,22). The number of ether oxygens (including phenoxy) is 1. The highest BCUT2D eigenvalue weighted by molar-refractivity contribution is 9.10. The fraction of sp³-hybridized carbons (Fsp3) is 0.235. The Morgan fingerprint density at radius 2 is 1.95 bits per heavy atom. The molecular formula is C17H19BrN2OS. The number of anilines is 1. The molecule has 0 aliphatic carbocycles. The number of hydrogen-bond donors (Lipinski definition) is 2. The van der Waals surface area contributed by atoms with Gasteiger partial charge in [0.15, 0.2) is 5.11 Å². The van der Waals surface area contributed by atoms with E-state index in [0.717, 1.165) is 15.9 Å². The predicted molar refractivity (Wildman–Crippen MR) is 99.6 cm³/mol. The Morgan fingerprint density at radius 1 is 1.23 bits per heavy atom. The van der Waals surface area contributed by atoms with Crippen LogP contribution < -0.4 is 15.4 Å². The van der Waals surface area contributed by atoms with Gasteiger partial charge in [-0.3, -0.25) is 0 Å². The van der Waals surface area contributed by atoms with Crippen molar-refractivity contribution in [1.82, 2.24) is 5.32 Å². The van der Waals surface area contributed by atoms with Crippen LogP contribution in [-0.4, -0.2) is 17.8 Å². The third-order valence-corrected chi connectivity index (χ3v) is 3.69. The first kappa shape index (κ1) is 16.8. The van der Waals surface area contributed by atoms with E-state index in [4.69, 9.17) is 17.0 Å². The van der Waals surface area contributed by atoms with E-state index in [-0.39, 0.29) is 6.04 Å². The van der Waals surface area contributed by atoms with Gasteiger partial charge < -0.3 is 15.4 Å². The molecule has 0 spiro atoms. The SMILES string of the molecule is Cc1ccc(OCC(C)NC(=S)Nc2cccc(Br)c2)cc1. The average Bonchev–Trinajstić information content (AvgIpc) is 2.46. The molecule has 1 unspecified atom stereocenters. The number of thiocarbonyl (C=S) groups is 1. The van der Waals surface area contributed by atoms with Gasteiger partial charge in [0, 0.05) is 10.2 Å². The van der Waals surface area contributed by atoms with E-state index in [1.165, 1.54) is 5.56 Å². The van der Waals surface area contributed by atoms with E-state index in [1.807, 2.05) is 55.5 Å². The number of benzene rings is 2. The third-order valence-electron chi connectivity index (χ3n) is 2.98. The first-order valence-electron chi connectivity index (χ1n) is 7.05. The molecule has 0 aliphatic heterocycles. The number of halogens is 1. The van der Waals surface area contributed by atoms with Gasteiger partial charge in [0.2, 0.25) is 0 Å². The van der Waals surface area contributed by atoms with E-state index in [1.54, 1.807) is 0 Å². The predicted octanol–water partition coefficient (Wildman–Crippen LogP) is 4.51. The lowest BCUT2D eigenvalue weighted by Crippen LogP contribution is -2.39. The van der Waals surface area contributed by atoms with Crippen LogP contribution in [0.2, 0.25) is 0 Å². The van der Waals surface area contributed by atoms with E-state index >= 15 is 0 Å². The second kappa shape index (κ2) is 8.15. The number of nitrogens with one attached hydrogen (secondary N) is 2. The summed E-state index contributed by atoms with van der Waals surface area (Å²) >= 11 is 8.75. The number of rotatable bonds is 5. The number of aryl methyl sites for hydroxylation is 1. The van der Waals surface area contributed by atoms with Crippen molar-refractivity contribution in [2.24, 2.45) is 0 Å². The molecule has 2 aromatic carbocycles. The van der Waals surface area contributed by atoms with Gasteiger partial charge >= 0.3 is 0 Å². The second-order valence-corrected chi connectivity index (χ2v) is 6.46. The Morgan fingerprint density at radius 3 is 2.64 bits per heavy atom. The summed E-state index contributed by atoms with van der Waals surface area (Å²) in [4.78, 5) is 0. The van der Waals surface area contributed by atoms with Crippen LogP contribution in [0.1, 0.15) is 12.5 Å². The molecular weight excluding hydrogens is 360 g/mol. The molecule has 2 N–H and O–H groups in total. The maximum absolute atomic E-state index is 5.74. The maximum atomic E-state index is 5.74. The lowest BCUT2D eigenvalue weighted by atomic mass is 10.2. The van der Waals surface area contributed by atoms with Crippen LogP contribution >= 0.6 is 28.1 Å². The van der Waals surface area contributed by atoms with Crippen molar-refractivity contribution in [1.29, 1.82) is 0 Å². The lowest BCUT2D eigenvalue weighted by molar-refractivity contribution is 0.287. The smallest absolute Gasteiger partial charge is 0.171 e.